The average molecular weight is 564 g/mol. The molecule has 3 nitrogen and oxygen atoms in total. The molecule has 5 aromatic carbocycles. The normalized spacial score (nSPS) is 13.7. The number of nitriles is 1. The first kappa shape index (κ1) is 23.1. The molecule has 0 fully saturated rings. The van der Waals surface area contributed by atoms with Crippen molar-refractivity contribution in [1.82, 2.24) is 9.38 Å². The van der Waals surface area contributed by atoms with Crippen LogP contribution in [0.1, 0.15) is 27.8 Å². The van der Waals surface area contributed by atoms with E-state index in [1.54, 1.807) is 11.3 Å². The van der Waals surface area contributed by atoms with Gasteiger partial charge in [0.15, 0.2) is 0 Å². The van der Waals surface area contributed by atoms with Crippen molar-refractivity contribution < 1.29 is 0 Å². The van der Waals surface area contributed by atoms with E-state index in [4.69, 9.17) is 4.98 Å². The van der Waals surface area contributed by atoms with Crippen molar-refractivity contribution in [2.24, 2.45) is 0 Å². The molecule has 3 aromatic heterocycles. The first-order valence-electron chi connectivity index (χ1n) is 14.4. The van der Waals surface area contributed by atoms with Crippen LogP contribution >= 0.6 is 11.3 Å². The lowest BCUT2D eigenvalue weighted by Crippen LogP contribution is -2.26. The number of thiophene rings is 1. The summed E-state index contributed by atoms with van der Waals surface area (Å²) in [7, 11) is 0. The Hall–Kier alpha value is -5.50. The zero-order valence-electron chi connectivity index (χ0n) is 22.9. The molecule has 8 aromatic rings. The quantitative estimate of drug-likeness (QED) is 0.200. The van der Waals surface area contributed by atoms with E-state index in [1.807, 2.05) is 6.07 Å². The van der Waals surface area contributed by atoms with Gasteiger partial charge in [0.05, 0.1) is 17.0 Å². The molecular formula is C39H21N3S. The smallest absolute Gasteiger partial charge is 0.138 e. The predicted molar refractivity (Wildman–Crippen MR) is 175 cm³/mol. The molecule has 3 heterocycles. The van der Waals surface area contributed by atoms with Gasteiger partial charge in [-0.05, 0) is 92.0 Å². The van der Waals surface area contributed by atoms with E-state index < -0.39 is 5.41 Å². The van der Waals surface area contributed by atoms with Crippen LogP contribution in [0.15, 0.2) is 128 Å². The van der Waals surface area contributed by atoms with Crippen LogP contribution in [-0.4, -0.2) is 9.38 Å². The van der Waals surface area contributed by atoms with Gasteiger partial charge in [-0.2, -0.15) is 5.26 Å². The van der Waals surface area contributed by atoms with E-state index >= 15 is 0 Å². The van der Waals surface area contributed by atoms with Gasteiger partial charge in [0.2, 0.25) is 0 Å². The number of rotatable bonds is 1. The Kier molecular flexibility index (Phi) is 4.34. The highest BCUT2D eigenvalue weighted by Gasteiger charge is 2.51. The highest BCUT2D eigenvalue weighted by Crippen LogP contribution is 2.63. The first-order chi connectivity index (χ1) is 21.3. The van der Waals surface area contributed by atoms with Gasteiger partial charge in [-0.1, -0.05) is 84.9 Å². The van der Waals surface area contributed by atoms with Crippen LogP contribution in [-0.2, 0) is 5.41 Å². The summed E-state index contributed by atoms with van der Waals surface area (Å²) in [4.78, 5) is 6.17. The van der Waals surface area contributed by atoms with Crippen molar-refractivity contribution in [3.63, 3.8) is 0 Å². The van der Waals surface area contributed by atoms with Crippen molar-refractivity contribution in [3.8, 4) is 39.4 Å². The third kappa shape index (κ3) is 2.80. The molecule has 0 saturated heterocycles. The third-order valence-electron chi connectivity index (χ3n) is 9.48. The molecule has 0 amide bonds. The second-order valence-electron chi connectivity index (χ2n) is 11.5. The minimum atomic E-state index is -0.488. The Morgan fingerprint density at radius 3 is 2.07 bits per heavy atom. The van der Waals surface area contributed by atoms with Crippen LogP contribution in [0.3, 0.4) is 0 Å². The van der Waals surface area contributed by atoms with Gasteiger partial charge in [-0.3, -0.25) is 4.40 Å². The van der Waals surface area contributed by atoms with E-state index in [9.17, 15) is 5.26 Å². The summed E-state index contributed by atoms with van der Waals surface area (Å²) in [6, 6.07) is 45.9. The largest absolute Gasteiger partial charge is 0.290 e. The molecule has 0 saturated carbocycles. The minimum Gasteiger partial charge on any atom is -0.290 e. The number of aromatic nitrogens is 2. The van der Waals surface area contributed by atoms with Crippen molar-refractivity contribution in [1.29, 1.82) is 5.26 Å². The maximum Gasteiger partial charge on any atom is 0.138 e. The molecular weight excluding hydrogens is 543 g/mol. The highest BCUT2D eigenvalue weighted by atomic mass is 32.1. The van der Waals surface area contributed by atoms with Crippen molar-refractivity contribution in [2.45, 2.75) is 5.41 Å². The predicted octanol–water partition coefficient (Wildman–Crippen LogP) is 9.58. The van der Waals surface area contributed by atoms with Crippen LogP contribution in [0, 0.1) is 11.3 Å². The van der Waals surface area contributed by atoms with Gasteiger partial charge in [-0.25, -0.2) is 4.98 Å². The number of nitrogens with zero attached hydrogens (tertiary/aromatic N) is 3. The van der Waals surface area contributed by atoms with Crippen LogP contribution in [0.25, 0.3) is 59.5 Å². The molecule has 10 rings (SSSR count). The summed E-state index contributed by atoms with van der Waals surface area (Å²) in [5, 5.41) is 11.1. The first-order valence-corrected chi connectivity index (χ1v) is 15.3. The summed E-state index contributed by atoms with van der Waals surface area (Å²) in [6.07, 6.45) is 2.24. The van der Waals surface area contributed by atoms with E-state index in [1.165, 1.54) is 59.4 Å². The summed E-state index contributed by atoms with van der Waals surface area (Å²) < 4.78 is 3.50. The van der Waals surface area contributed by atoms with Gasteiger partial charge in [0, 0.05) is 16.3 Å². The Morgan fingerprint density at radius 1 is 0.628 bits per heavy atom. The lowest BCUT2D eigenvalue weighted by Gasteiger charge is -2.30. The molecule has 2 aliphatic carbocycles. The lowest BCUT2D eigenvalue weighted by molar-refractivity contribution is 0.793. The van der Waals surface area contributed by atoms with Gasteiger partial charge in [0.25, 0.3) is 0 Å². The molecule has 43 heavy (non-hydrogen) atoms. The Bertz CT molecular complexity index is 2500. The monoisotopic (exact) mass is 563 g/mol. The van der Waals surface area contributed by atoms with Crippen molar-refractivity contribution in [2.75, 3.05) is 0 Å². The summed E-state index contributed by atoms with van der Waals surface area (Å²) in [5.41, 5.74) is 14.5. The zero-order chi connectivity index (χ0) is 28.3. The van der Waals surface area contributed by atoms with Gasteiger partial charge in [-0.15, -0.1) is 11.3 Å². The van der Waals surface area contributed by atoms with Gasteiger partial charge >= 0.3 is 0 Å². The summed E-state index contributed by atoms with van der Waals surface area (Å²) >= 11 is 1.79. The van der Waals surface area contributed by atoms with Crippen LogP contribution in [0.2, 0.25) is 0 Å². The molecule has 198 valence electrons. The maximum absolute atomic E-state index is 9.93. The van der Waals surface area contributed by atoms with Gasteiger partial charge in [0.1, 0.15) is 16.0 Å². The molecule has 0 radical (unpaired) electrons. The number of benzene rings is 5. The number of hydrogen-bond donors (Lipinski definition) is 0. The number of hydrogen-bond acceptors (Lipinski definition) is 3. The molecule has 0 atom stereocenters. The fraction of sp³-hybridized carbons (Fsp3) is 0.0256. The van der Waals surface area contributed by atoms with E-state index in [0.29, 0.717) is 5.56 Å². The van der Waals surface area contributed by atoms with E-state index in [2.05, 4.69) is 132 Å². The molecule has 1 spiro atoms. The zero-order valence-corrected chi connectivity index (χ0v) is 23.7. The lowest BCUT2D eigenvalue weighted by atomic mass is 9.70. The number of pyridine rings is 1. The van der Waals surface area contributed by atoms with Crippen molar-refractivity contribution in [3.05, 3.63) is 155 Å². The molecule has 0 aliphatic heterocycles. The van der Waals surface area contributed by atoms with Crippen LogP contribution in [0.4, 0.5) is 0 Å². The Morgan fingerprint density at radius 2 is 1.28 bits per heavy atom. The standard InChI is InChI=1S/C39H21N3S/c40-21-23-13-16-28-29-17-14-24(25-15-18-36-41-37-30-9-3-6-12-35(30)43-38(37)42(36)22-25)20-34(29)39(33(28)19-23)31-10-4-1-7-26(31)27-8-2-5-11-32(27)39/h1-20,22H. The molecule has 0 N–H and O–H groups in total. The average Bonchev–Trinajstić information content (AvgIpc) is 3.78. The van der Waals surface area contributed by atoms with Gasteiger partial charge < -0.3 is 0 Å². The molecule has 2 aliphatic rings. The topological polar surface area (TPSA) is 41.1 Å². The number of imidazole rings is 1. The third-order valence-corrected chi connectivity index (χ3v) is 10.6. The SMILES string of the molecule is N#Cc1ccc2c(c1)C1(c3ccccc3-c3ccccc31)c1cc(-c3ccc4nc5c6ccccc6sc5n4c3)ccc1-2. The highest BCUT2D eigenvalue weighted by molar-refractivity contribution is 7.25. The Balaban J connectivity index is 1.26. The second-order valence-corrected chi connectivity index (χ2v) is 12.5. The van der Waals surface area contributed by atoms with Crippen LogP contribution < -0.4 is 0 Å². The fourth-order valence-electron chi connectivity index (χ4n) is 7.71. The minimum absolute atomic E-state index is 0.488. The van der Waals surface area contributed by atoms with Crippen LogP contribution in [0.5, 0.6) is 0 Å². The molecule has 0 bridgehead atoms. The summed E-state index contributed by atoms with van der Waals surface area (Å²) in [5.74, 6) is 0. The fourth-order valence-corrected chi connectivity index (χ4v) is 8.84. The molecule has 0 unspecified atom stereocenters. The van der Waals surface area contributed by atoms with E-state index in [0.717, 1.165) is 22.3 Å². The Labute approximate surface area is 251 Å². The molecule has 4 heteroatoms. The number of fused-ring (bicyclic) bond motifs is 15. The van der Waals surface area contributed by atoms with Crippen molar-refractivity contribution >= 4 is 37.4 Å². The second kappa shape index (κ2) is 8.07. The summed E-state index contributed by atoms with van der Waals surface area (Å²) in [6.45, 7) is 0. The van der Waals surface area contributed by atoms with E-state index in [-0.39, 0.29) is 0 Å². The maximum atomic E-state index is 9.93.